The predicted octanol–water partition coefficient (Wildman–Crippen LogP) is 6.04. The van der Waals surface area contributed by atoms with Crippen molar-refractivity contribution in [2.45, 2.75) is 49.0 Å². The Morgan fingerprint density at radius 3 is 2.77 bits per heavy atom. The van der Waals surface area contributed by atoms with Crippen LogP contribution in [0.4, 0.5) is 5.69 Å². The first-order valence-corrected chi connectivity index (χ1v) is 11.9. The van der Waals surface area contributed by atoms with Crippen molar-refractivity contribution in [3.8, 4) is 11.5 Å². The Bertz CT molecular complexity index is 1090. The molecule has 3 aromatic rings. The molecule has 5 rings (SSSR count). The Balaban J connectivity index is 1.29. The fourth-order valence-electron chi connectivity index (χ4n) is 3.89. The lowest BCUT2D eigenvalue weighted by atomic mass is 10.2. The summed E-state index contributed by atoms with van der Waals surface area (Å²) in [6, 6.07) is 13.3. The minimum Gasteiger partial charge on any atom is -0.448 e. The first-order chi connectivity index (χ1) is 14.6. The summed E-state index contributed by atoms with van der Waals surface area (Å²) >= 11 is 3.27. The predicted molar refractivity (Wildman–Crippen MR) is 120 cm³/mol. The Labute approximate surface area is 183 Å². The van der Waals surface area contributed by atoms with E-state index in [0.29, 0.717) is 17.0 Å². The first-order valence-electron chi connectivity index (χ1n) is 10.1. The fraction of sp³-hybridized carbons (Fsp3) is 0.304. The van der Waals surface area contributed by atoms with Gasteiger partial charge in [-0.05, 0) is 44.0 Å². The highest BCUT2D eigenvalue weighted by atomic mass is 32.2. The number of thioether (sulfide) groups is 1. The molecule has 0 bridgehead atoms. The second-order valence-corrected chi connectivity index (χ2v) is 9.66. The zero-order valence-corrected chi connectivity index (χ0v) is 18.3. The molecule has 5 nitrogen and oxygen atoms in total. The number of anilines is 1. The van der Waals surface area contributed by atoms with Crippen LogP contribution in [0.5, 0.6) is 11.5 Å². The largest absolute Gasteiger partial charge is 0.448 e. The summed E-state index contributed by atoms with van der Waals surface area (Å²) in [5, 5.41) is 6.13. The molecule has 0 unspecified atom stereocenters. The van der Waals surface area contributed by atoms with Crippen molar-refractivity contribution < 1.29 is 14.3 Å². The van der Waals surface area contributed by atoms with Crippen LogP contribution in [-0.4, -0.2) is 16.7 Å². The number of nitrogens with one attached hydrogen (secondary N) is 1. The molecule has 0 radical (unpaired) electrons. The van der Waals surface area contributed by atoms with Crippen LogP contribution in [0.25, 0.3) is 0 Å². The lowest BCUT2D eigenvalue weighted by Crippen LogP contribution is -2.34. The summed E-state index contributed by atoms with van der Waals surface area (Å²) in [7, 11) is 0. The van der Waals surface area contributed by atoms with E-state index < -0.39 is 5.79 Å². The van der Waals surface area contributed by atoms with Crippen LogP contribution >= 0.6 is 23.1 Å². The van der Waals surface area contributed by atoms with Gasteiger partial charge in [0.25, 0.3) is 11.7 Å². The number of ether oxygens (including phenoxy) is 2. The molecule has 1 saturated carbocycles. The number of amides is 1. The number of nitrogens with zero attached hydrogens (tertiary/aromatic N) is 1. The molecule has 1 spiro atoms. The van der Waals surface area contributed by atoms with Crippen molar-refractivity contribution in [3.63, 3.8) is 0 Å². The Morgan fingerprint density at radius 1 is 1.17 bits per heavy atom. The van der Waals surface area contributed by atoms with Crippen LogP contribution in [0.15, 0.2) is 52.7 Å². The number of hydrogen-bond acceptors (Lipinski definition) is 6. The molecule has 0 saturated heterocycles. The minimum absolute atomic E-state index is 0.137. The average molecular weight is 439 g/mol. The van der Waals surface area contributed by atoms with Crippen LogP contribution in [0, 0.1) is 6.92 Å². The zero-order valence-electron chi connectivity index (χ0n) is 16.6. The topological polar surface area (TPSA) is 60.5 Å². The molecule has 1 N–H and O–H groups in total. The number of hydrogen-bond donors (Lipinski definition) is 1. The van der Waals surface area contributed by atoms with Crippen molar-refractivity contribution in [2.75, 3.05) is 5.32 Å². The number of aromatic nitrogens is 1. The molecule has 2 heterocycles. The van der Waals surface area contributed by atoms with E-state index in [-0.39, 0.29) is 5.91 Å². The third kappa shape index (κ3) is 3.91. The van der Waals surface area contributed by atoms with Crippen LogP contribution in [0.3, 0.4) is 0 Å². The van der Waals surface area contributed by atoms with Crippen LogP contribution in [-0.2, 0) is 5.75 Å². The lowest BCUT2D eigenvalue weighted by molar-refractivity contribution is -0.0716. The smallest absolute Gasteiger partial charge is 0.256 e. The summed E-state index contributed by atoms with van der Waals surface area (Å²) in [6.45, 7) is 2.00. The van der Waals surface area contributed by atoms with Gasteiger partial charge in [-0.1, -0.05) is 12.1 Å². The van der Waals surface area contributed by atoms with Gasteiger partial charge < -0.3 is 14.8 Å². The van der Waals surface area contributed by atoms with Gasteiger partial charge in [0, 0.05) is 40.6 Å². The monoisotopic (exact) mass is 438 g/mol. The quantitative estimate of drug-likeness (QED) is 0.492. The van der Waals surface area contributed by atoms with E-state index in [0.717, 1.165) is 52.8 Å². The van der Waals surface area contributed by atoms with Gasteiger partial charge in [-0.25, -0.2) is 4.98 Å². The molecule has 1 fully saturated rings. The molecule has 1 aliphatic heterocycles. The van der Waals surface area contributed by atoms with Crippen molar-refractivity contribution in [1.29, 1.82) is 0 Å². The highest BCUT2D eigenvalue weighted by Gasteiger charge is 2.44. The van der Waals surface area contributed by atoms with Gasteiger partial charge in [-0.3, -0.25) is 4.79 Å². The van der Waals surface area contributed by atoms with E-state index in [1.54, 1.807) is 23.1 Å². The second-order valence-electron chi connectivity index (χ2n) is 7.58. The summed E-state index contributed by atoms with van der Waals surface area (Å²) in [4.78, 5) is 18.4. The number of fused-ring (bicyclic) bond motifs is 1. The van der Waals surface area contributed by atoms with Gasteiger partial charge in [0.05, 0.1) is 16.3 Å². The van der Waals surface area contributed by atoms with Crippen molar-refractivity contribution in [2.24, 2.45) is 0 Å². The van der Waals surface area contributed by atoms with E-state index in [9.17, 15) is 4.79 Å². The van der Waals surface area contributed by atoms with Crippen LogP contribution in [0.1, 0.15) is 46.7 Å². The summed E-state index contributed by atoms with van der Waals surface area (Å²) < 4.78 is 12.2. The van der Waals surface area contributed by atoms with Crippen molar-refractivity contribution >= 4 is 34.7 Å². The van der Waals surface area contributed by atoms with Crippen LogP contribution < -0.4 is 14.8 Å². The molecule has 154 valence electrons. The van der Waals surface area contributed by atoms with Crippen LogP contribution in [0.2, 0.25) is 0 Å². The molecular weight excluding hydrogens is 416 g/mol. The van der Waals surface area contributed by atoms with Gasteiger partial charge >= 0.3 is 0 Å². The van der Waals surface area contributed by atoms with Crippen molar-refractivity contribution in [1.82, 2.24) is 4.98 Å². The lowest BCUT2D eigenvalue weighted by Gasteiger charge is -2.21. The SMILES string of the molecule is Cc1nc(CSc2ccccc2C(=O)Nc2ccc3c(c2)OC2(CCCC2)O3)cs1. The highest BCUT2D eigenvalue weighted by Crippen LogP contribution is 2.47. The van der Waals surface area contributed by atoms with E-state index in [2.05, 4.69) is 15.7 Å². The highest BCUT2D eigenvalue weighted by molar-refractivity contribution is 7.98. The molecule has 30 heavy (non-hydrogen) atoms. The maximum Gasteiger partial charge on any atom is 0.256 e. The number of aryl methyl sites for hydroxylation is 1. The van der Waals surface area contributed by atoms with Gasteiger partial charge in [0.1, 0.15) is 0 Å². The van der Waals surface area contributed by atoms with Gasteiger partial charge in [-0.15, -0.1) is 23.1 Å². The molecule has 2 aliphatic rings. The molecule has 0 atom stereocenters. The average Bonchev–Trinajstić information content (AvgIpc) is 3.46. The standard InChI is InChI=1S/C23H22N2O3S2/c1-15-24-17(13-29-15)14-30-21-7-3-2-6-18(21)22(26)25-16-8-9-19-20(12-16)28-23(27-19)10-4-5-11-23/h2-3,6-9,12-13H,4-5,10-11,14H2,1H3,(H,25,26). The summed E-state index contributed by atoms with van der Waals surface area (Å²) in [5.74, 6) is 1.56. The van der Waals surface area contributed by atoms with E-state index in [4.69, 9.17) is 9.47 Å². The van der Waals surface area contributed by atoms with Crippen molar-refractivity contribution in [3.05, 3.63) is 64.1 Å². The Kier molecular flexibility index (Phi) is 5.16. The number of carbonyl (C=O) groups excluding carboxylic acids is 1. The third-order valence-electron chi connectivity index (χ3n) is 5.33. The normalized spacial score (nSPS) is 16.2. The molecule has 7 heteroatoms. The van der Waals surface area contributed by atoms with E-state index >= 15 is 0 Å². The van der Waals surface area contributed by atoms with E-state index in [1.807, 2.05) is 49.4 Å². The summed E-state index contributed by atoms with van der Waals surface area (Å²) in [6.07, 6.45) is 4.05. The number of benzene rings is 2. The first kappa shape index (κ1) is 19.5. The summed E-state index contributed by atoms with van der Waals surface area (Å²) in [5.41, 5.74) is 2.39. The molecular formula is C23H22N2O3S2. The Hall–Kier alpha value is -2.51. The maximum absolute atomic E-state index is 13.0. The number of rotatable bonds is 5. The Morgan fingerprint density at radius 2 is 1.97 bits per heavy atom. The minimum atomic E-state index is -0.498. The molecule has 1 aliphatic carbocycles. The molecule has 1 amide bonds. The van der Waals surface area contributed by atoms with E-state index in [1.165, 1.54) is 0 Å². The zero-order chi connectivity index (χ0) is 20.6. The maximum atomic E-state index is 13.0. The molecule has 1 aromatic heterocycles. The third-order valence-corrected chi connectivity index (χ3v) is 7.26. The molecule has 2 aromatic carbocycles. The fourth-order valence-corrected chi connectivity index (χ4v) is 5.55. The van der Waals surface area contributed by atoms with Gasteiger partial charge in [0.15, 0.2) is 11.5 Å². The second kappa shape index (κ2) is 7.96. The van der Waals surface area contributed by atoms with Gasteiger partial charge in [-0.2, -0.15) is 0 Å². The number of carbonyl (C=O) groups is 1. The number of thiazole rings is 1. The van der Waals surface area contributed by atoms with Gasteiger partial charge in [0.2, 0.25) is 0 Å².